The predicted molar refractivity (Wildman–Crippen MR) is 71.4 cm³/mol. The first-order valence-electron chi connectivity index (χ1n) is 5.36. The topological polar surface area (TPSA) is 85.1 Å². The predicted octanol–water partition coefficient (Wildman–Crippen LogP) is -0.500. The van der Waals surface area contributed by atoms with Crippen LogP contribution < -0.4 is 11.1 Å². The van der Waals surface area contributed by atoms with Crippen LogP contribution in [0, 0.1) is 11.8 Å². The largest absolute Gasteiger partial charge is 0.350 e. The Hall–Kier alpha value is -1.71. The molecule has 0 spiro atoms. The van der Waals surface area contributed by atoms with E-state index in [1.54, 1.807) is 18.4 Å². The van der Waals surface area contributed by atoms with Gasteiger partial charge in [0.05, 0.1) is 6.54 Å². The minimum Gasteiger partial charge on any atom is -0.350 e. The van der Waals surface area contributed by atoms with Gasteiger partial charge in [0.15, 0.2) is 0 Å². The molecule has 0 radical (unpaired) electrons. The molecule has 5 nitrogen and oxygen atoms in total. The van der Waals surface area contributed by atoms with Gasteiger partial charge in [-0.25, -0.2) is 4.98 Å². The van der Waals surface area contributed by atoms with Crippen LogP contribution in [0.4, 0.5) is 0 Å². The van der Waals surface area contributed by atoms with Crippen LogP contribution in [0.2, 0.25) is 0 Å². The average molecular weight is 265 g/mol. The van der Waals surface area contributed by atoms with Crippen molar-refractivity contribution in [2.45, 2.75) is 0 Å². The molecule has 6 heteroatoms. The van der Waals surface area contributed by atoms with Gasteiger partial charge in [0, 0.05) is 41.1 Å². The number of amides is 1. The van der Waals surface area contributed by atoms with Gasteiger partial charge in [0.25, 0.3) is 5.91 Å². The molecule has 0 aliphatic carbocycles. The van der Waals surface area contributed by atoms with E-state index in [0.717, 1.165) is 0 Å². The molecule has 0 bridgehead atoms. The molecule has 0 saturated heterocycles. The molecule has 1 heterocycles. The van der Waals surface area contributed by atoms with Crippen LogP contribution in [0.1, 0.15) is 16.1 Å². The quantitative estimate of drug-likeness (QED) is 0.719. The highest BCUT2D eigenvalue weighted by Gasteiger charge is 2.05. The van der Waals surface area contributed by atoms with E-state index in [2.05, 4.69) is 22.1 Å². The average Bonchev–Trinajstić information content (AvgIpc) is 2.36. The highest BCUT2D eigenvalue weighted by molar-refractivity contribution is 7.84. The van der Waals surface area contributed by atoms with Gasteiger partial charge in [0.2, 0.25) is 0 Å². The summed E-state index contributed by atoms with van der Waals surface area (Å²) in [4.78, 5) is 15.6. The minimum atomic E-state index is -0.911. The third-order valence-corrected chi connectivity index (χ3v) is 2.79. The van der Waals surface area contributed by atoms with E-state index in [1.807, 2.05) is 0 Å². The third kappa shape index (κ3) is 5.08. The number of nitrogens with one attached hydrogen (secondary N) is 1. The molecule has 1 amide bonds. The SMILES string of the molecule is CS(=O)CCNC(=O)c1ccc(C#CCN)cn1. The first kappa shape index (κ1) is 14.4. The van der Waals surface area contributed by atoms with Crippen LogP contribution >= 0.6 is 0 Å². The fraction of sp³-hybridized carbons (Fsp3) is 0.333. The third-order valence-electron chi connectivity index (χ3n) is 2.01. The van der Waals surface area contributed by atoms with Gasteiger partial charge in [-0.3, -0.25) is 9.00 Å². The van der Waals surface area contributed by atoms with Crippen LogP contribution in [0.15, 0.2) is 18.3 Å². The molecule has 1 aromatic heterocycles. The van der Waals surface area contributed by atoms with Crippen molar-refractivity contribution in [3.05, 3.63) is 29.6 Å². The molecule has 0 saturated carbocycles. The standard InChI is InChI=1S/C12H15N3O2S/c1-18(17)8-7-14-12(16)11-5-4-10(9-15-11)3-2-6-13/h4-5,9H,6-8,13H2,1H3,(H,14,16). The maximum atomic E-state index is 11.6. The van der Waals surface area contributed by atoms with Crippen molar-refractivity contribution < 1.29 is 9.00 Å². The zero-order valence-corrected chi connectivity index (χ0v) is 10.9. The maximum Gasteiger partial charge on any atom is 0.269 e. The molecule has 0 aromatic carbocycles. The number of nitrogens with two attached hydrogens (primary N) is 1. The smallest absolute Gasteiger partial charge is 0.269 e. The fourth-order valence-electron chi connectivity index (χ4n) is 1.15. The number of aromatic nitrogens is 1. The van der Waals surface area contributed by atoms with Crippen molar-refractivity contribution in [3.63, 3.8) is 0 Å². The van der Waals surface area contributed by atoms with Gasteiger partial charge in [-0.1, -0.05) is 11.8 Å². The molecule has 1 aromatic rings. The Morgan fingerprint density at radius 1 is 1.56 bits per heavy atom. The van der Waals surface area contributed by atoms with Crippen molar-refractivity contribution in [1.29, 1.82) is 0 Å². The second kappa shape index (κ2) is 7.58. The number of hydrogen-bond donors (Lipinski definition) is 2. The normalized spacial score (nSPS) is 11.2. The van der Waals surface area contributed by atoms with Crippen molar-refractivity contribution >= 4 is 16.7 Å². The van der Waals surface area contributed by atoms with Gasteiger partial charge < -0.3 is 11.1 Å². The highest BCUT2D eigenvalue weighted by Crippen LogP contribution is 1.98. The maximum absolute atomic E-state index is 11.6. The Balaban J connectivity index is 2.56. The van der Waals surface area contributed by atoms with E-state index in [0.29, 0.717) is 23.6 Å². The molecule has 18 heavy (non-hydrogen) atoms. The lowest BCUT2D eigenvalue weighted by Gasteiger charge is -2.03. The van der Waals surface area contributed by atoms with E-state index in [9.17, 15) is 9.00 Å². The van der Waals surface area contributed by atoms with E-state index >= 15 is 0 Å². The summed E-state index contributed by atoms with van der Waals surface area (Å²) in [6.07, 6.45) is 3.12. The zero-order chi connectivity index (χ0) is 13.4. The van der Waals surface area contributed by atoms with Crippen LogP contribution in [0.25, 0.3) is 0 Å². The molecule has 0 aliphatic rings. The molecule has 1 rings (SSSR count). The lowest BCUT2D eigenvalue weighted by atomic mass is 10.2. The minimum absolute atomic E-state index is 0.279. The number of hydrogen-bond acceptors (Lipinski definition) is 4. The number of pyridine rings is 1. The summed E-state index contributed by atoms with van der Waals surface area (Å²) in [5.74, 6) is 5.68. The van der Waals surface area contributed by atoms with E-state index < -0.39 is 10.8 Å². The van der Waals surface area contributed by atoms with Crippen LogP contribution in [0.3, 0.4) is 0 Å². The number of nitrogens with zero attached hydrogens (tertiary/aromatic N) is 1. The Morgan fingerprint density at radius 2 is 2.33 bits per heavy atom. The van der Waals surface area contributed by atoms with Gasteiger partial charge in [-0.2, -0.15) is 0 Å². The van der Waals surface area contributed by atoms with Crippen LogP contribution in [0.5, 0.6) is 0 Å². The summed E-state index contributed by atoms with van der Waals surface area (Å²) in [7, 11) is -0.911. The summed E-state index contributed by atoms with van der Waals surface area (Å²) >= 11 is 0. The number of carbonyl (C=O) groups is 1. The second-order valence-electron chi connectivity index (χ2n) is 3.47. The monoisotopic (exact) mass is 265 g/mol. The van der Waals surface area contributed by atoms with Crippen molar-refractivity contribution in [2.75, 3.05) is 25.1 Å². The summed E-state index contributed by atoms with van der Waals surface area (Å²) in [6.45, 7) is 0.661. The van der Waals surface area contributed by atoms with Gasteiger partial charge in [0.1, 0.15) is 5.69 Å². The van der Waals surface area contributed by atoms with Gasteiger partial charge in [-0.15, -0.1) is 0 Å². The van der Waals surface area contributed by atoms with Crippen LogP contribution in [-0.2, 0) is 10.8 Å². The molecule has 96 valence electrons. The molecular formula is C12H15N3O2S. The summed E-state index contributed by atoms with van der Waals surface area (Å²) in [5, 5.41) is 2.64. The number of rotatable bonds is 4. The molecule has 3 N–H and O–H groups in total. The lowest BCUT2D eigenvalue weighted by Crippen LogP contribution is -2.28. The molecular weight excluding hydrogens is 250 g/mol. The molecule has 1 unspecified atom stereocenters. The molecule has 1 atom stereocenters. The van der Waals surface area contributed by atoms with Crippen molar-refractivity contribution in [3.8, 4) is 11.8 Å². The van der Waals surface area contributed by atoms with Gasteiger partial charge in [-0.05, 0) is 12.1 Å². The van der Waals surface area contributed by atoms with E-state index in [-0.39, 0.29) is 12.5 Å². The van der Waals surface area contributed by atoms with E-state index in [1.165, 1.54) is 6.20 Å². The second-order valence-corrected chi connectivity index (χ2v) is 5.03. The zero-order valence-electron chi connectivity index (χ0n) is 10.1. The Morgan fingerprint density at radius 3 is 2.89 bits per heavy atom. The Labute approximate surface area is 109 Å². The van der Waals surface area contributed by atoms with Crippen molar-refractivity contribution in [1.82, 2.24) is 10.3 Å². The summed E-state index contributed by atoms with van der Waals surface area (Å²) in [6, 6.07) is 3.31. The molecule has 0 aliphatic heterocycles. The number of carbonyl (C=O) groups excluding carboxylic acids is 1. The molecule has 0 fully saturated rings. The van der Waals surface area contributed by atoms with Gasteiger partial charge >= 0.3 is 0 Å². The van der Waals surface area contributed by atoms with Crippen LogP contribution in [-0.4, -0.2) is 40.2 Å². The Bertz CT molecular complexity index is 488. The van der Waals surface area contributed by atoms with Crippen molar-refractivity contribution in [2.24, 2.45) is 5.73 Å². The lowest BCUT2D eigenvalue weighted by molar-refractivity contribution is 0.0951. The fourth-order valence-corrected chi connectivity index (χ4v) is 1.54. The first-order valence-corrected chi connectivity index (χ1v) is 7.09. The Kier molecular flexibility index (Phi) is 6.05. The summed E-state index contributed by atoms with van der Waals surface area (Å²) < 4.78 is 10.8. The van der Waals surface area contributed by atoms with E-state index in [4.69, 9.17) is 5.73 Å². The first-order chi connectivity index (χ1) is 8.63. The summed E-state index contributed by atoms with van der Waals surface area (Å²) in [5.41, 5.74) is 6.28. The highest BCUT2D eigenvalue weighted by atomic mass is 32.2.